The van der Waals surface area contributed by atoms with Gasteiger partial charge in [0.25, 0.3) is 11.1 Å². The first-order valence-electron chi connectivity index (χ1n) is 19.9. The van der Waals surface area contributed by atoms with Crippen LogP contribution < -0.4 is 37.9 Å². The number of fused-ring (bicyclic) bond motifs is 2. The molecule has 0 unspecified atom stereocenters. The van der Waals surface area contributed by atoms with Gasteiger partial charge in [0.05, 0.1) is 29.9 Å². The van der Waals surface area contributed by atoms with Gasteiger partial charge in [-0.05, 0) is 55.8 Å². The lowest BCUT2D eigenvalue weighted by Gasteiger charge is -2.23. The van der Waals surface area contributed by atoms with E-state index >= 15 is 0 Å². The Bertz CT molecular complexity index is 3300. The van der Waals surface area contributed by atoms with Crippen molar-refractivity contribution in [3.05, 3.63) is 155 Å². The van der Waals surface area contributed by atoms with Crippen molar-refractivity contribution in [2.24, 2.45) is 42.3 Å². The van der Waals surface area contributed by atoms with Crippen molar-refractivity contribution in [2.75, 3.05) is 17.7 Å². The number of anilines is 4. The molecule has 0 atom stereocenters. The van der Waals surface area contributed by atoms with Crippen LogP contribution in [0.25, 0.3) is 33.7 Å². The van der Waals surface area contributed by atoms with Crippen molar-refractivity contribution in [1.29, 1.82) is 0 Å². The van der Waals surface area contributed by atoms with Crippen molar-refractivity contribution in [3.63, 3.8) is 0 Å². The molecule has 0 spiro atoms. The van der Waals surface area contributed by atoms with Crippen molar-refractivity contribution < 1.29 is 4.74 Å². The van der Waals surface area contributed by atoms with E-state index in [1.54, 1.807) is 53.8 Å². The van der Waals surface area contributed by atoms with Gasteiger partial charge in [0.2, 0.25) is 11.9 Å². The Morgan fingerprint density at radius 3 is 1.30 bits per heavy atom. The molecule has 0 aliphatic heterocycles. The molecule has 320 valence electrons. The molecule has 9 aromatic rings. The first-order chi connectivity index (χ1) is 30.2. The molecular formula is C44H44N14O5. The second-order valence-corrected chi connectivity index (χ2v) is 15.4. The smallest absolute Gasteiger partial charge is 0.332 e. The molecule has 9 rings (SSSR count). The van der Waals surface area contributed by atoms with Gasteiger partial charge in [-0.3, -0.25) is 27.9 Å². The summed E-state index contributed by atoms with van der Waals surface area (Å²) in [4.78, 5) is 62.8. The number of benzene rings is 3. The largest absolute Gasteiger partial charge is 0.497 e. The minimum absolute atomic E-state index is 0.213. The molecule has 3 aromatic carbocycles. The topological polar surface area (TPSA) is 193 Å². The predicted octanol–water partition coefficient (Wildman–Crippen LogP) is 3.92. The number of imidazole rings is 2. The number of aromatic nitrogens is 12. The van der Waals surface area contributed by atoms with Crippen LogP contribution in [0.1, 0.15) is 34.0 Å². The lowest BCUT2D eigenvalue weighted by molar-refractivity contribution is 0.414. The Labute approximate surface area is 358 Å². The van der Waals surface area contributed by atoms with Crippen molar-refractivity contribution >= 4 is 45.9 Å². The van der Waals surface area contributed by atoms with E-state index in [2.05, 4.69) is 10.6 Å². The normalized spacial score (nSPS) is 11.7. The van der Waals surface area contributed by atoms with Gasteiger partial charge in [-0.25, -0.2) is 19.0 Å². The fourth-order valence-electron chi connectivity index (χ4n) is 8.27. The third-order valence-electron chi connectivity index (χ3n) is 11.7. The van der Waals surface area contributed by atoms with E-state index in [1.807, 2.05) is 98.8 Å². The highest BCUT2D eigenvalue weighted by Gasteiger charge is 2.35. The fourth-order valence-corrected chi connectivity index (χ4v) is 8.27. The van der Waals surface area contributed by atoms with Gasteiger partial charge in [-0.1, -0.05) is 48.5 Å². The number of nitrogens with zero attached hydrogens (tertiary/aromatic N) is 12. The number of ether oxygens (including phenoxy) is 1. The number of aryl methyl sites for hydroxylation is 6. The zero-order valence-corrected chi connectivity index (χ0v) is 36.1. The van der Waals surface area contributed by atoms with E-state index < -0.39 is 28.4 Å². The van der Waals surface area contributed by atoms with E-state index in [0.29, 0.717) is 28.8 Å². The average molecular weight is 849 g/mol. The zero-order valence-electron chi connectivity index (χ0n) is 36.1. The number of hydrogen-bond donors (Lipinski definition) is 2. The molecule has 0 amide bonds. The first kappa shape index (κ1) is 40.2. The maximum Gasteiger partial charge on any atom is 0.332 e. The lowest BCUT2D eigenvalue weighted by atomic mass is 9.84. The molecule has 0 fully saturated rings. The molecule has 0 saturated carbocycles. The van der Waals surface area contributed by atoms with Crippen LogP contribution in [-0.2, 0) is 42.3 Å². The summed E-state index contributed by atoms with van der Waals surface area (Å²) < 4.78 is 17.3. The van der Waals surface area contributed by atoms with Gasteiger partial charge < -0.3 is 24.5 Å². The van der Waals surface area contributed by atoms with Gasteiger partial charge in [-0.2, -0.15) is 20.2 Å². The van der Waals surface area contributed by atoms with E-state index in [-0.39, 0.29) is 34.2 Å². The monoisotopic (exact) mass is 848 g/mol. The van der Waals surface area contributed by atoms with Crippen LogP contribution in [0.2, 0.25) is 0 Å². The van der Waals surface area contributed by atoms with Gasteiger partial charge in [0, 0.05) is 59.3 Å². The van der Waals surface area contributed by atoms with Crippen LogP contribution in [0.4, 0.5) is 23.5 Å². The Morgan fingerprint density at radius 1 is 0.524 bits per heavy atom. The van der Waals surface area contributed by atoms with E-state index in [4.69, 9.17) is 24.9 Å². The van der Waals surface area contributed by atoms with Crippen LogP contribution in [0.5, 0.6) is 5.75 Å². The third kappa shape index (κ3) is 6.26. The van der Waals surface area contributed by atoms with E-state index in [0.717, 1.165) is 37.2 Å². The summed E-state index contributed by atoms with van der Waals surface area (Å²) in [6.45, 7) is 3.85. The van der Waals surface area contributed by atoms with Crippen LogP contribution in [-0.4, -0.2) is 64.0 Å². The van der Waals surface area contributed by atoms with Crippen molar-refractivity contribution in [2.45, 2.75) is 19.8 Å². The Morgan fingerprint density at radius 2 is 0.921 bits per heavy atom. The highest BCUT2D eigenvalue weighted by atomic mass is 16.5. The predicted molar refractivity (Wildman–Crippen MR) is 239 cm³/mol. The van der Waals surface area contributed by atoms with Crippen LogP contribution in [0.3, 0.4) is 0 Å². The molecule has 6 heterocycles. The van der Waals surface area contributed by atoms with Crippen molar-refractivity contribution in [3.8, 4) is 17.1 Å². The molecule has 6 aromatic heterocycles. The third-order valence-corrected chi connectivity index (χ3v) is 11.7. The summed E-state index contributed by atoms with van der Waals surface area (Å²) in [5.41, 5.74) is 4.03. The summed E-state index contributed by atoms with van der Waals surface area (Å²) in [5, 5.41) is 17.4. The van der Waals surface area contributed by atoms with Gasteiger partial charge in [-0.15, -0.1) is 0 Å². The minimum atomic E-state index is -0.630. The summed E-state index contributed by atoms with van der Waals surface area (Å²) in [6, 6.07) is 27.0. The van der Waals surface area contributed by atoms with E-state index in [9.17, 15) is 19.2 Å². The molecule has 0 saturated heterocycles. The second-order valence-electron chi connectivity index (χ2n) is 15.4. The van der Waals surface area contributed by atoms with E-state index in [1.165, 1.54) is 23.2 Å². The Kier molecular flexibility index (Phi) is 9.60. The molecule has 63 heavy (non-hydrogen) atoms. The summed E-state index contributed by atoms with van der Waals surface area (Å²) >= 11 is 0. The average Bonchev–Trinajstić information content (AvgIpc) is 4.01. The molecule has 19 nitrogen and oxygen atoms in total. The summed E-state index contributed by atoms with van der Waals surface area (Å²) in [7, 11) is 11.1. The zero-order chi connectivity index (χ0) is 44.6. The molecule has 0 bridgehead atoms. The highest BCUT2D eigenvalue weighted by Crippen LogP contribution is 2.45. The molecule has 0 aliphatic carbocycles. The SMILES string of the molecule is COc1ccc(C(c2c(C)nn(-c3ccccc3)c2Nc2nc3c(c(=O)n(C)c(=O)n3C)n2C)c2c(C)nn(-c3ccccc3)c2Nc2nc3c(c(=O)n(C)c(=O)n3C)n2C)cc1. The Hall–Kier alpha value is -8.22. The van der Waals surface area contributed by atoms with Crippen molar-refractivity contribution in [1.82, 2.24) is 56.9 Å². The fraction of sp³-hybridized carbons (Fsp3) is 0.227. The summed E-state index contributed by atoms with van der Waals surface area (Å²) in [5.74, 6) is 1.66. The molecule has 19 heteroatoms. The van der Waals surface area contributed by atoms with Crippen LogP contribution >= 0.6 is 0 Å². The maximum atomic E-state index is 13.5. The standard InChI is InChI=1S/C44H44N14O5/c1-24-30(35(57(49-24)27-16-12-10-13-17-27)45-41-47-37-33(51(41)3)39(59)55(7)43(61)53(37)5)32(26-20-22-29(63-9)23-21-26)31-25(2)50-58(28-18-14-11-15-19-28)36(31)46-42-48-38-34(52(42)4)40(60)56(8)44(62)54(38)6/h10-23,32H,1-9H3,(H,45,47)(H,46,48). The number of hydrogen-bond acceptors (Lipinski definition) is 11. The summed E-state index contributed by atoms with van der Waals surface area (Å²) in [6.07, 6.45) is 0. The van der Waals surface area contributed by atoms with Crippen LogP contribution in [0, 0.1) is 13.8 Å². The molecular weight excluding hydrogens is 805 g/mol. The van der Waals surface area contributed by atoms with Gasteiger partial charge >= 0.3 is 11.4 Å². The minimum Gasteiger partial charge on any atom is -0.497 e. The highest BCUT2D eigenvalue weighted by molar-refractivity contribution is 5.79. The number of rotatable bonds is 10. The molecule has 0 radical (unpaired) electrons. The van der Waals surface area contributed by atoms with Gasteiger partial charge in [0.1, 0.15) is 17.4 Å². The second kappa shape index (κ2) is 15.0. The first-order valence-corrected chi connectivity index (χ1v) is 19.9. The number of para-hydroxylation sites is 2. The van der Waals surface area contributed by atoms with Gasteiger partial charge in [0.15, 0.2) is 22.3 Å². The van der Waals surface area contributed by atoms with Crippen LogP contribution in [0.15, 0.2) is 104 Å². The molecule has 0 aliphatic rings. The quantitative estimate of drug-likeness (QED) is 0.203. The lowest BCUT2D eigenvalue weighted by Crippen LogP contribution is -2.37. The Balaban J connectivity index is 1.35. The number of methoxy groups -OCH3 is 1. The number of nitrogens with one attached hydrogen (secondary N) is 2. The maximum absolute atomic E-state index is 13.5. The molecule has 2 N–H and O–H groups in total.